The lowest BCUT2D eigenvalue weighted by Gasteiger charge is -2.30. The van der Waals surface area contributed by atoms with Crippen LogP contribution in [0.1, 0.15) is 0 Å². The molecule has 2 N–H and O–H groups in total. The lowest BCUT2D eigenvalue weighted by molar-refractivity contribution is -0.0410. The van der Waals surface area contributed by atoms with Gasteiger partial charge in [-0.15, -0.1) is 0 Å². The number of aryl methyl sites for hydroxylation is 1. The molecule has 0 bridgehead atoms. The largest absolute Gasteiger partial charge is 0.489 e. The Kier molecular flexibility index (Phi) is 3.76. The molecule has 0 spiro atoms. The molecule has 0 radical (unpaired) electrons. The Morgan fingerprint density at radius 1 is 1.55 bits per heavy atom. The minimum Gasteiger partial charge on any atom is -0.489 e. The summed E-state index contributed by atoms with van der Waals surface area (Å²) in [5.74, 6) is 0.564. The van der Waals surface area contributed by atoms with Gasteiger partial charge in [0.15, 0.2) is 0 Å². The number of rotatable bonds is 3. The van der Waals surface area contributed by atoms with Gasteiger partial charge in [-0.2, -0.15) is 0 Å². The van der Waals surface area contributed by atoms with E-state index in [2.05, 4.69) is 4.98 Å². The Morgan fingerprint density at radius 3 is 3.14 bits per heavy atom. The van der Waals surface area contributed by atoms with E-state index < -0.39 is 6.09 Å². The molecule has 1 aromatic carbocycles. The highest BCUT2D eigenvalue weighted by atomic mass is 16.5. The fourth-order valence-electron chi connectivity index (χ4n) is 2.56. The maximum absolute atomic E-state index is 11.7. The van der Waals surface area contributed by atoms with Crippen molar-refractivity contribution in [1.82, 2.24) is 14.5 Å². The standard InChI is InChI=1S/C14H17N3O5/c1-16-12-10(15-13(16)18)3-2-4-11(12)22-8-9-7-17(14(19)20)5-6-21-9/h2-4,9H,5-8H2,1H3,(H,15,18)(H,19,20)/t9-/m0/s1. The Morgan fingerprint density at radius 2 is 2.36 bits per heavy atom. The highest BCUT2D eigenvalue weighted by molar-refractivity contribution is 5.81. The lowest BCUT2D eigenvalue weighted by Crippen LogP contribution is -2.47. The summed E-state index contributed by atoms with van der Waals surface area (Å²) in [6.07, 6.45) is -1.28. The van der Waals surface area contributed by atoms with E-state index in [9.17, 15) is 9.59 Å². The fourth-order valence-corrected chi connectivity index (χ4v) is 2.56. The third-order valence-electron chi connectivity index (χ3n) is 3.71. The fraction of sp³-hybridized carbons (Fsp3) is 0.429. The Balaban J connectivity index is 1.74. The number of hydrogen-bond acceptors (Lipinski definition) is 4. The Bertz CT molecular complexity index is 751. The van der Waals surface area contributed by atoms with Gasteiger partial charge in [0.2, 0.25) is 0 Å². The molecular formula is C14H17N3O5. The molecule has 1 fully saturated rings. The maximum atomic E-state index is 11.7. The minimum absolute atomic E-state index is 0.211. The number of carboxylic acid groups (broad SMARTS) is 1. The molecule has 1 aliphatic heterocycles. The number of para-hydroxylation sites is 1. The number of morpholine rings is 1. The van der Waals surface area contributed by atoms with E-state index in [4.69, 9.17) is 14.6 Å². The first-order chi connectivity index (χ1) is 10.6. The molecule has 1 aromatic heterocycles. The average molecular weight is 307 g/mol. The van der Waals surface area contributed by atoms with Crippen molar-refractivity contribution < 1.29 is 19.4 Å². The molecule has 8 heteroatoms. The van der Waals surface area contributed by atoms with Crippen LogP contribution in [0.3, 0.4) is 0 Å². The number of aromatic amines is 1. The zero-order valence-corrected chi connectivity index (χ0v) is 12.1. The summed E-state index contributed by atoms with van der Waals surface area (Å²) in [5, 5.41) is 9.01. The molecule has 2 heterocycles. The van der Waals surface area contributed by atoms with Crippen molar-refractivity contribution >= 4 is 17.1 Å². The summed E-state index contributed by atoms with van der Waals surface area (Å²) in [7, 11) is 1.66. The number of aromatic nitrogens is 2. The van der Waals surface area contributed by atoms with Crippen LogP contribution in [-0.4, -0.2) is 58.1 Å². The molecule has 3 rings (SSSR count). The molecule has 0 aliphatic carbocycles. The van der Waals surface area contributed by atoms with Crippen LogP contribution < -0.4 is 10.4 Å². The van der Waals surface area contributed by atoms with Crippen LogP contribution in [0.4, 0.5) is 4.79 Å². The molecule has 0 saturated carbocycles. The van der Waals surface area contributed by atoms with Crippen LogP contribution in [-0.2, 0) is 11.8 Å². The van der Waals surface area contributed by atoms with Gasteiger partial charge in [-0.1, -0.05) is 6.07 Å². The van der Waals surface area contributed by atoms with Crippen molar-refractivity contribution in [3.63, 3.8) is 0 Å². The van der Waals surface area contributed by atoms with Crippen LogP contribution in [0.2, 0.25) is 0 Å². The van der Waals surface area contributed by atoms with Crippen molar-refractivity contribution in [3.05, 3.63) is 28.7 Å². The molecule has 22 heavy (non-hydrogen) atoms. The summed E-state index contributed by atoms with van der Waals surface area (Å²) in [5.41, 5.74) is 1.16. The first-order valence-electron chi connectivity index (χ1n) is 6.96. The summed E-state index contributed by atoms with van der Waals surface area (Å²) in [6, 6.07) is 5.36. The first kappa shape index (κ1) is 14.5. The van der Waals surface area contributed by atoms with Gasteiger partial charge in [0.1, 0.15) is 24.0 Å². The van der Waals surface area contributed by atoms with Gasteiger partial charge in [-0.05, 0) is 12.1 Å². The van der Waals surface area contributed by atoms with E-state index in [1.165, 1.54) is 9.47 Å². The van der Waals surface area contributed by atoms with Crippen LogP contribution in [0.25, 0.3) is 11.0 Å². The molecule has 1 atom stereocenters. The van der Waals surface area contributed by atoms with Gasteiger partial charge in [-0.25, -0.2) is 9.59 Å². The van der Waals surface area contributed by atoms with Crippen LogP contribution in [0.15, 0.2) is 23.0 Å². The lowest BCUT2D eigenvalue weighted by atomic mass is 10.2. The topological polar surface area (TPSA) is 96.8 Å². The molecule has 2 aromatic rings. The van der Waals surface area contributed by atoms with Gasteiger partial charge in [0, 0.05) is 13.6 Å². The van der Waals surface area contributed by atoms with Gasteiger partial charge in [0.25, 0.3) is 0 Å². The number of nitrogens with one attached hydrogen (secondary N) is 1. The quantitative estimate of drug-likeness (QED) is 0.866. The van der Waals surface area contributed by atoms with Crippen molar-refractivity contribution in [3.8, 4) is 5.75 Å². The van der Waals surface area contributed by atoms with Crippen LogP contribution in [0, 0.1) is 0 Å². The van der Waals surface area contributed by atoms with E-state index in [0.29, 0.717) is 29.9 Å². The molecule has 0 unspecified atom stereocenters. The van der Waals surface area contributed by atoms with Crippen molar-refractivity contribution in [2.45, 2.75) is 6.10 Å². The summed E-state index contributed by atoms with van der Waals surface area (Å²) >= 11 is 0. The molecule has 8 nitrogen and oxygen atoms in total. The normalized spacial score (nSPS) is 18.6. The number of H-pyrrole nitrogens is 1. The number of imidazole rings is 1. The van der Waals surface area contributed by atoms with E-state index in [-0.39, 0.29) is 24.9 Å². The number of ether oxygens (including phenoxy) is 2. The monoisotopic (exact) mass is 307 g/mol. The van der Waals surface area contributed by atoms with Gasteiger partial charge in [-0.3, -0.25) is 4.57 Å². The number of amides is 1. The zero-order chi connectivity index (χ0) is 15.7. The average Bonchev–Trinajstić information content (AvgIpc) is 2.81. The molecule has 118 valence electrons. The predicted octanol–water partition coefficient (Wildman–Crippen LogP) is 0.624. The SMILES string of the molecule is Cn1c(=O)[nH]c2cccc(OC[C@@H]3CN(C(=O)O)CCO3)c21. The first-order valence-corrected chi connectivity index (χ1v) is 6.96. The Labute approximate surface area is 125 Å². The summed E-state index contributed by atoms with van der Waals surface area (Å²) in [6.45, 7) is 1.22. The third kappa shape index (κ3) is 2.64. The number of nitrogens with zero attached hydrogens (tertiary/aromatic N) is 2. The van der Waals surface area contributed by atoms with Gasteiger partial charge >= 0.3 is 11.8 Å². The van der Waals surface area contributed by atoms with Crippen LogP contribution in [0.5, 0.6) is 5.75 Å². The van der Waals surface area contributed by atoms with E-state index >= 15 is 0 Å². The molecular weight excluding hydrogens is 290 g/mol. The van der Waals surface area contributed by atoms with Gasteiger partial charge < -0.3 is 24.5 Å². The number of carbonyl (C=O) groups is 1. The Hall–Kier alpha value is -2.48. The smallest absolute Gasteiger partial charge is 0.407 e. The second-order valence-electron chi connectivity index (χ2n) is 5.17. The summed E-state index contributed by atoms with van der Waals surface area (Å²) in [4.78, 5) is 26.7. The van der Waals surface area contributed by atoms with E-state index in [1.54, 1.807) is 25.2 Å². The second kappa shape index (κ2) is 5.72. The van der Waals surface area contributed by atoms with Crippen LogP contribution >= 0.6 is 0 Å². The molecule has 1 aliphatic rings. The van der Waals surface area contributed by atoms with E-state index in [0.717, 1.165) is 0 Å². The van der Waals surface area contributed by atoms with Crippen molar-refractivity contribution in [2.24, 2.45) is 7.05 Å². The molecule has 1 amide bonds. The number of benzene rings is 1. The number of hydrogen-bond donors (Lipinski definition) is 2. The highest BCUT2D eigenvalue weighted by Gasteiger charge is 2.24. The maximum Gasteiger partial charge on any atom is 0.407 e. The zero-order valence-electron chi connectivity index (χ0n) is 12.1. The predicted molar refractivity (Wildman–Crippen MR) is 78.4 cm³/mol. The summed E-state index contributed by atoms with van der Waals surface area (Å²) < 4.78 is 12.8. The minimum atomic E-state index is -0.955. The second-order valence-corrected chi connectivity index (χ2v) is 5.17. The van der Waals surface area contributed by atoms with E-state index in [1.807, 2.05) is 0 Å². The number of fused-ring (bicyclic) bond motifs is 1. The van der Waals surface area contributed by atoms with Crippen molar-refractivity contribution in [2.75, 3.05) is 26.3 Å². The van der Waals surface area contributed by atoms with Crippen molar-refractivity contribution in [1.29, 1.82) is 0 Å². The molecule has 1 saturated heterocycles. The highest BCUT2D eigenvalue weighted by Crippen LogP contribution is 2.23. The van der Waals surface area contributed by atoms with Gasteiger partial charge in [0.05, 0.1) is 18.7 Å². The third-order valence-corrected chi connectivity index (χ3v) is 3.71.